The predicted molar refractivity (Wildman–Crippen MR) is 264 cm³/mol. The third-order valence-corrected chi connectivity index (χ3v) is 13.3. The quantitative estimate of drug-likeness (QED) is 0.160. The smallest absolute Gasteiger partial charge is 0.143 e. The first kappa shape index (κ1) is 36.3. The van der Waals surface area contributed by atoms with Gasteiger partial charge in [-0.2, -0.15) is 0 Å². The van der Waals surface area contributed by atoms with E-state index in [1.54, 1.807) is 0 Å². The van der Waals surface area contributed by atoms with Crippen LogP contribution in [-0.4, -0.2) is 0 Å². The molecule has 2 heterocycles. The Balaban J connectivity index is 1.05. The molecule has 0 atom stereocenters. The van der Waals surface area contributed by atoms with Gasteiger partial charge in [0.15, 0.2) is 0 Å². The van der Waals surface area contributed by atoms with Crippen LogP contribution in [0.4, 0.5) is 17.1 Å². The number of nitrogens with zero attached hydrogens (tertiary/aromatic N) is 1. The molecule has 0 unspecified atom stereocenters. The highest BCUT2D eigenvalue weighted by Gasteiger charge is 2.46. The summed E-state index contributed by atoms with van der Waals surface area (Å²) in [5.41, 5.74) is 17.9. The van der Waals surface area contributed by atoms with Crippen LogP contribution >= 0.6 is 0 Å². The summed E-state index contributed by atoms with van der Waals surface area (Å²) in [5.74, 6) is 0. The Kier molecular flexibility index (Phi) is 8.13. The minimum absolute atomic E-state index is 0.548. The van der Waals surface area contributed by atoms with Crippen molar-refractivity contribution in [2.24, 2.45) is 0 Å². The van der Waals surface area contributed by atoms with Crippen molar-refractivity contribution >= 4 is 60.9 Å². The largest absolute Gasteiger partial charge is 0.455 e. The first-order valence-corrected chi connectivity index (χ1v) is 21.9. The highest BCUT2D eigenvalue weighted by atomic mass is 16.3. The number of hydrogen-bond donors (Lipinski definition) is 0. The van der Waals surface area contributed by atoms with E-state index in [4.69, 9.17) is 8.83 Å². The zero-order valence-electron chi connectivity index (χ0n) is 34.8. The van der Waals surface area contributed by atoms with E-state index in [1.807, 2.05) is 24.3 Å². The van der Waals surface area contributed by atoms with Crippen LogP contribution in [0.5, 0.6) is 0 Å². The Morgan fingerprint density at radius 2 is 0.734 bits per heavy atom. The van der Waals surface area contributed by atoms with Crippen molar-refractivity contribution in [2.75, 3.05) is 4.90 Å². The molecule has 0 spiro atoms. The third-order valence-electron chi connectivity index (χ3n) is 13.3. The van der Waals surface area contributed by atoms with Gasteiger partial charge >= 0.3 is 0 Å². The fraction of sp³-hybridized carbons (Fsp3) is 0.0164. The summed E-state index contributed by atoms with van der Waals surface area (Å²) in [6.07, 6.45) is 0. The molecule has 1 aliphatic rings. The molecule has 1 aliphatic carbocycles. The van der Waals surface area contributed by atoms with Crippen molar-refractivity contribution < 1.29 is 8.83 Å². The lowest BCUT2D eigenvalue weighted by Gasteiger charge is -2.35. The van der Waals surface area contributed by atoms with Gasteiger partial charge in [0.25, 0.3) is 0 Å². The Labute approximate surface area is 370 Å². The molecule has 64 heavy (non-hydrogen) atoms. The summed E-state index contributed by atoms with van der Waals surface area (Å²) < 4.78 is 13.2. The fourth-order valence-corrected chi connectivity index (χ4v) is 10.6. The number of benzene rings is 10. The van der Waals surface area contributed by atoms with Crippen molar-refractivity contribution in [3.8, 4) is 33.4 Å². The summed E-state index contributed by atoms with van der Waals surface area (Å²) in [5, 5.41) is 4.46. The maximum Gasteiger partial charge on any atom is 0.143 e. The van der Waals surface area contributed by atoms with E-state index in [0.717, 1.165) is 83.2 Å². The summed E-state index contributed by atoms with van der Waals surface area (Å²) in [6, 6.07) is 85.3. The van der Waals surface area contributed by atoms with Crippen molar-refractivity contribution in [3.05, 3.63) is 259 Å². The molecule has 10 aromatic carbocycles. The van der Waals surface area contributed by atoms with Gasteiger partial charge in [0.1, 0.15) is 22.3 Å². The van der Waals surface area contributed by atoms with Gasteiger partial charge in [-0.05, 0) is 93.0 Å². The molecule has 0 aliphatic heterocycles. The molecule has 0 saturated heterocycles. The van der Waals surface area contributed by atoms with Crippen molar-refractivity contribution in [1.82, 2.24) is 0 Å². The van der Waals surface area contributed by atoms with Crippen LogP contribution < -0.4 is 4.90 Å². The zero-order valence-corrected chi connectivity index (χ0v) is 34.8. The molecule has 13 rings (SSSR count). The highest BCUT2D eigenvalue weighted by Crippen LogP contribution is 2.57. The summed E-state index contributed by atoms with van der Waals surface area (Å²) in [4.78, 5) is 2.41. The lowest BCUT2D eigenvalue weighted by atomic mass is 9.67. The zero-order chi connectivity index (χ0) is 42.2. The molecular formula is C61H39NO2. The van der Waals surface area contributed by atoms with Gasteiger partial charge in [0.05, 0.1) is 5.41 Å². The van der Waals surface area contributed by atoms with Crippen molar-refractivity contribution in [1.29, 1.82) is 0 Å². The maximum atomic E-state index is 6.59. The van der Waals surface area contributed by atoms with Crippen LogP contribution in [0.25, 0.3) is 77.3 Å². The molecule has 0 radical (unpaired) electrons. The van der Waals surface area contributed by atoms with Crippen LogP contribution in [-0.2, 0) is 5.41 Å². The molecule has 0 fully saturated rings. The van der Waals surface area contributed by atoms with Gasteiger partial charge in [-0.3, -0.25) is 0 Å². The van der Waals surface area contributed by atoms with E-state index < -0.39 is 5.41 Å². The van der Waals surface area contributed by atoms with E-state index in [-0.39, 0.29) is 0 Å². The fourth-order valence-electron chi connectivity index (χ4n) is 10.6. The molecular weight excluding hydrogens is 779 g/mol. The third kappa shape index (κ3) is 5.41. The monoisotopic (exact) mass is 817 g/mol. The Morgan fingerprint density at radius 1 is 0.297 bits per heavy atom. The first-order valence-electron chi connectivity index (χ1n) is 21.9. The molecule has 12 aromatic rings. The van der Waals surface area contributed by atoms with E-state index >= 15 is 0 Å². The average molecular weight is 818 g/mol. The molecule has 3 nitrogen and oxygen atoms in total. The lowest BCUT2D eigenvalue weighted by molar-refractivity contribution is 0.669. The minimum atomic E-state index is -0.548. The summed E-state index contributed by atoms with van der Waals surface area (Å²) in [6.45, 7) is 0. The van der Waals surface area contributed by atoms with Crippen LogP contribution in [0.3, 0.4) is 0 Å². The van der Waals surface area contributed by atoms with Gasteiger partial charge in [-0.1, -0.05) is 188 Å². The average Bonchev–Trinajstić information content (AvgIpc) is 4.03. The van der Waals surface area contributed by atoms with Crippen molar-refractivity contribution in [3.63, 3.8) is 0 Å². The topological polar surface area (TPSA) is 29.5 Å². The number of para-hydroxylation sites is 4. The molecule has 0 bridgehead atoms. The highest BCUT2D eigenvalue weighted by molar-refractivity contribution is 6.11. The number of fused-ring (bicyclic) bond motifs is 9. The van der Waals surface area contributed by atoms with Gasteiger partial charge in [-0.15, -0.1) is 0 Å². The molecule has 0 N–H and O–H groups in total. The van der Waals surface area contributed by atoms with Crippen LogP contribution in [0.1, 0.15) is 22.3 Å². The van der Waals surface area contributed by atoms with Crippen molar-refractivity contribution in [2.45, 2.75) is 5.41 Å². The summed E-state index contributed by atoms with van der Waals surface area (Å²) >= 11 is 0. The second-order valence-electron chi connectivity index (χ2n) is 16.8. The second kappa shape index (κ2) is 14.3. The second-order valence-corrected chi connectivity index (χ2v) is 16.8. The molecule has 3 heteroatoms. The van der Waals surface area contributed by atoms with Crippen LogP contribution in [0.2, 0.25) is 0 Å². The Hall–Kier alpha value is -8.40. The molecule has 0 amide bonds. The number of anilines is 3. The van der Waals surface area contributed by atoms with E-state index in [2.05, 4.69) is 217 Å². The van der Waals surface area contributed by atoms with Gasteiger partial charge in [-0.25, -0.2) is 0 Å². The molecule has 300 valence electrons. The SMILES string of the molecule is c1ccc(C2(c3ccccc3)c3ccccc3-c3ccc(N(c4cccc(-c5cccc6c5oc5ccccc56)c4)c4cccc(-c5cccc6c5oc5ccccc56)c4)cc32)cc1. The number of hydrogen-bond acceptors (Lipinski definition) is 3. The van der Waals surface area contributed by atoms with E-state index in [0.29, 0.717) is 0 Å². The summed E-state index contributed by atoms with van der Waals surface area (Å²) in [7, 11) is 0. The number of rotatable bonds is 7. The normalized spacial score (nSPS) is 12.8. The Morgan fingerprint density at radius 3 is 1.31 bits per heavy atom. The van der Waals surface area contributed by atoms with Crippen LogP contribution in [0.15, 0.2) is 245 Å². The Bertz CT molecular complexity index is 3550. The van der Waals surface area contributed by atoms with Gasteiger partial charge in [0.2, 0.25) is 0 Å². The predicted octanol–water partition coefficient (Wildman–Crippen LogP) is 16.7. The van der Waals surface area contributed by atoms with E-state index in [1.165, 1.54) is 33.4 Å². The minimum Gasteiger partial charge on any atom is -0.455 e. The lowest BCUT2D eigenvalue weighted by Crippen LogP contribution is -2.28. The number of furan rings is 2. The van der Waals surface area contributed by atoms with Gasteiger partial charge < -0.3 is 13.7 Å². The maximum absolute atomic E-state index is 6.59. The molecule has 2 aromatic heterocycles. The van der Waals surface area contributed by atoms with E-state index in [9.17, 15) is 0 Å². The van der Waals surface area contributed by atoms with Gasteiger partial charge in [0, 0.05) is 49.7 Å². The first-order chi connectivity index (χ1) is 31.7. The molecule has 0 saturated carbocycles. The van der Waals surface area contributed by atoms with Crippen LogP contribution in [0, 0.1) is 0 Å². The standard InChI is InChI=1S/C61H39NO2/c1-3-19-42(20-4-1)61(43-21-5-2-6-22-43)55-32-10-7-25-49(55)50-36-35-46(39-56(50)61)62(44-23-13-17-40(37-44)47-28-15-30-53-51-26-8-11-33-57(51)63-59(47)53)45-24-14-18-41(38-45)48-29-16-31-54-52-27-9-12-34-58(52)64-60(48)54/h1-39H.